The monoisotopic (exact) mass is 588 g/mol. The number of aromatic nitrogens is 4. The van der Waals surface area contributed by atoms with Gasteiger partial charge in [0.05, 0.1) is 16.8 Å². The highest BCUT2D eigenvalue weighted by Crippen LogP contribution is 2.33. The maximum Gasteiger partial charge on any atom is 0.211 e. The first-order chi connectivity index (χ1) is 21.0. The van der Waals surface area contributed by atoms with Crippen LogP contribution in [0.3, 0.4) is 0 Å². The Hall–Kier alpha value is -4.82. The van der Waals surface area contributed by atoms with Gasteiger partial charge in [-0.1, -0.05) is 110 Å². The lowest BCUT2D eigenvalue weighted by Gasteiger charge is -2.04. The average molecular weight is 589 g/mol. The number of oxazole rings is 1. The van der Waals surface area contributed by atoms with Crippen LogP contribution in [0, 0.1) is 0 Å². The number of hydrogen-bond acceptors (Lipinski definition) is 6. The second-order valence-electron chi connectivity index (χ2n) is 10.5. The summed E-state index contributed by atoms with van der Waals surface area (Å²) >= 11 is 0. The molecule has 43 heavy (non-hydrogen) atoms. The number of nitrogens with zero attached hydrogens (tertiary/aromatic N) is 4. The summed E-state index contributed by atoms with van der Waals surface area (Å²) in [7, 11) is -3.73. The number of aryl methyl sites for hydroxylation is 1. The molecule has 7 nitrogen and oxygen atoms in total. The first-order valence-corrected chi connectivity index (χ1v) is 16.1. The summed E-state index contributed by atoms with van der Waals surface area (Å²) < 4.78 is 34.5. The maximum absolute atomic E-state index is 13.4. The molecule has 0 saturated carbocycles. The van der Waals surface area contributed by atoms with E-state index in [9.17, 15) is 8.42 Å². The molecule has 0 N–H and O–H groups in total. The molecular formula is C35H32N4O3S. The van der Waals surface area contributed by atoms with Crippen molar-refractivity contribution in [3.63, 3.8) is 0 Å². The highest BCUT2D eigenvalue weighted by molar-refractivity contribution is 7.90. The highest BCUT2D eigenvalue weighted by atomic mass is 32.2. The lowest BCUT2D eigenvalue weighted by molar-refractivity contribution is 0.519. The number of unbranched alkanes of at least 4 members (excludes halogenated alkanes) is 2. The molecule has 2 heterocycles. The summed E-state index contributed by atoms with van der Waals surface area (Å²) in [6.45, 7) is 2.21. The summed E-state index contributed by atoms with van der Waals surface area (Å²) in [6, 6.07) is 34.2. The van der Waals surface area contributed by atoms with Crippen LogP contribution in [0.1, 0.15) is 37.6 Å². The SMILES string of the molecule is CCCCCc1ccc(-c2cn(-c3ccc(S(=O)(=O)Cc4nc(-c5ccccc5)c(-c5ccccc5)o4)cc3)nn2)cc1. The molecule has 0 fully saturated rings. The standard InChI is InChI=1S/C35H32N4O3S/c1-2-3-6-11-26-16-18-27(19-17-26)32-24-39(38-37-32)30-20-22-31(23-21-30)43(40,41)25-33-36-34(28-12-7-4-8-13-28)35(42-33)29-14-9-5-10-15-29/h4-5,7-10,12-24H,2-3,6,11,25H2,1H3. The number of sulfone groups is 1. The lowest BCUT2D eigenvalue weighted by Crippen LogP contribution is -2.06. The molecule has 8 heteroatoms. The van der Waals surface area contributed by atoms with E-state index in [2.05, 4.69) is 46.5 Å². The smallest absolute Gasteiger partial charge is 0.211 e. The van der Waals surface area contributed by atoms with Crippen LogP contribution in [0.5, 0.6) is 0 Å². The quantitative estimate of drug-likeness (QED) is 0.143. The van der Waals surface area contributed by atoms with Crippen molar-refractivity contribution in [3.8, 4) is 39.5 Å². The first kappa shape index (κ1) is 28.3. The fourth-order valence-corrected chi connectivity index (χ4v) is 6.16. The van der Waals surface area contributed by atoms with Crippen molar-refractivity contribution in [1.82, 2.24) is 20.0 Å². The van der Waals surface area contributed by atoms with Gasteiger partial charge in [-0.2, -0.15) is 0 Å². The zero-order valence-corrected chi connectivity index (χ0v) is 24.7. The van der Waals surface area contributed by atoms with Crippen molar-refractivity contribution in [3.05, 3.63) is 127 Å². The number of hydrogen-bond donors (Lipinski definition) is 0. The van der Waals surface area contributed by atoms with E-state index in [1.807, 2.05) is 66.9 Å². The van der Waals surface area contributed by atoms with Gasteiger partial charge in [0.15, 0.2) is 15.6 Å². The first-order valence-electron chi connectivity index (χ1n) is 14.5. The van der Waals surface area contributed by atoms with E-state index in [1.54, 1.807) is 28.9 Å². The van der Waals surface area contributed by atoms with E-state index < -0.39 is 9.84 Å². The van der Waals surface area contributed by atoms with Gasteiger partial charge in [-0.25, -0.2) is 18.1 Å². The Balaban J connectivity index is 1.19. The van der Waals surface area contributed by atoms with Crippen LogP contribution in [0.2, 0.25) is 0 Å². The minimum atomic E-state index is -3.73. The summed E-state index contributed by atoms with van der Waals surface area (Å²) in [6.07, 6.45) is 6.56. The lowest BCUT2D eigenvalue weighted by atomic mass is 10.0. The third kappa shape index (κ3) is 6.49. The topological polar surface area (TPSA) is 90.9 Å². The van der Waals surface area contributed by atoms with E-state index in [0.29, 0.717) is 17.1 Å². The molecule has 0 radical (unpaired) electrons. The molecular weight excluding hydrogens is 556 g/mol. The number of benzene rings is 4. The molecule has 4 aromatic carbocycles. The summed E-state index contributed by atoms with van der Waals surface area (Å²) in [4.78, 5) is 4.80. The minimum Gasteiger partial charge on any atom is -0.439 e. The third-order valence-electron chi connectivity index (χ3n) is 7.34. The Morgan fingerprint density at radius 2 is 1.42 bits per heavy atom. The summed E-state index contributed by atoms with van der Waals surface area (Å²) in [5.74, 6) is 0.320. The van der Waals surface area contributed by atoms with Crippen LogP contribution >= 0.6 is 0 Å². The van der Waals surface area contributed by atoms with Gasteiger partial charge in [0.1, 0.15) is 17.1 Å². The third-order valence-corrected chi connectivity index (χ3v) is 8.96. The zero-order chi connectivity index (χ0) is 29.6. The van der Waals surface area contributed by atoms with E-state index in [0.717, 1.165) is 28.8 Å². The largest absolute Gasteiger partial charge is 0.439 e. The van der Waals surface area contributed by atoms with Crippen molar-refractivity contribution in [2.24, 2.45) is 0 Å². The molecule has 0 aliphatic carbocycles. The second kappa shape index (κ2) is 12.6. The normalized spacial score (nSPS) is 11.6. The Morgan fingerprint density at radius 3 is 2.09 bits per heavy atom. The molecule has 0 aliphatic heterocycles. The van der Waals surface area contributed by atoms with Gasteiger partial charge in [-0.3, -0.25) is 0 Å². The van der Waals surface area contributed by atoms with Gasteiger partial charge in [0, 0.05) is 16.7 Å². The fraction of sp³-hybridized carbons (Fsp3) is 0.171. The van der Waals surface area contributed by atoms with Crippen molar-refractivity contribution in [2.75, 3.05) is 0 Å². The molecule has 0 saturated heterocycles. The zero-order valence-electron chi connectivity index (χ0n) is 23.9. The molecule has 216 valence electrons. The van der Waals surface area contributed by atoms with Crippen LogP contribution < -0.4 is 0 Å². The molecule has 0 spiro atoms. The van der Waals surface area contributed by atoms with E-state index in [1.165, 1.54) is 24.8 Å². The van der Waals surface area contributed by atoms with Crippen molar-refractivity contribution in [1.29, 1.82) is 0 Å². The van der Waals surface area contributed by atoms with E-state index in [4.69, 9.17) is 4.42 Å². The van der Waals surface area contributed by atoms with E-state index in [-0.39, 0.29) is 16.5 Å². The maximum atomic E-state index is 13.4. The fourth-order valence-electron chi connectivity index (χ4n) is 5.00. The molecule has 0 aliphatic rings. The second-order valence-corrected chi connectivity index (χ2v) is 12.5. The number of rotatable bonds is 11. The molecule has 0 amide bonds. The van der Waals surface area contributed by atoms with Crippen LogP contribution in [0.25, 0.3) is 39.5 Å². The van der Waals surface area contributed by atoms with E-state index >= 15 is 0 Å². The van der Waals surface area contributed by atoms with Crippen molar-refractivity contribution >= 4 is 9.84 Å². The van der Waals surface area contributed by atoms with Crippen LogP contribution in [-0.2, 0) is 22.0 Å². The summed E-state index contributed by atoms with van der Waals surface area (Å²) in [5.41, 5.74) is 6.07. The average Bonchev–Trinajstić information content (AvgIpc) is 3.71. The predicted molar refractivity (Wildman–Crippen MR) is 168 cm³/mol. The van der Waals surface area contributed by atoms with Crippen LogP contribution in [0.15, 0.2) is 125 Å². The highest BCUT2D eigenvalue weighted by Gasteiger charge is 2.23. The molecule has 0 atom stereocenters. The van der Waals surface area contributed by atoms with Crippen molar-refractivity contribution in [2.45, 2.75) is 43.3 Å². The minimum absolute atomic E-state index is 0.138. The Morgan fingerprint density at radius 1 is 0.744 bits per heavy atom. The van der Waals surface area contributed by atoms with Gasteiger partial charge in [-0.15, -0.1) is 5.10 Å². The Kier molecular flexibility index (Phi) is 8.29. The molecule has 0 bridgehead atoms. The molecule has 2 aromatic heterocycles. The van der Waals surface area contributed by atoms with Gasteiger partial charge in [0.25, 0.3) is 0 Å². The van der Waals surface area contributed by atoms with Gasteiger partial charge in [0.2, 0.25) is 5.89 Å². The van der Waals surface area contributed by atoms with Crippen LogP contribution in [-0.4, -0.2) is 28.4 Å². The van der Waals surface area contributed by atoms with Gasteiger partial charge in [-0.05, 0) is 42.7 Å². The molecule has 6 aromatic rings. The van der Waals surface area contributed by atoms with Crippen LogP contribution in [0.4, 0.5) is 0 Å². The molecule has 6 rings (SSSR count). The predicted octanol–water partition coefficient (Wildman–Crippen LogP) is 7.96. The Bertz CT molecular complexity index is 1840. The van der Waals surface area contributed by atoms with Gasteiger partial charge >= 0.3 is 0 Å². The molecule has 0 unspecified atom stereocenters. The van der Waals surface area contributed by atoms with Gasteiger partial charge < -0.3 is 4.42 Å². The Labute approximate surface area is 251 Å². The summed E-state index contributed by atoms with van der Waals surface area (Å²) in [5, 5.41) is 8.60. The van der Waals surface area contributed by atoms with Crippen molar-refractivity contribution < 1.29 is 12.8 Å².